The van der Waals surface area contributed by atoms with Gasteiger partial charge in [-0.25, -0.2) is 13.4 Å². The number of halogens is 3. The average Bonchev–Trinajstić information content (AvgIpc) is 2.72. The first-order chi connectivity index (χ1) is 14.6. The van der Waals surface area contributed by atoms with Gasteiger partial charge in [0.1, 0.15) is 5.82 Å². The molecular weight excluding hydrogens is 431 g/mol. The van der Waals surface area contributed by atoms with E-state index in [1.54, 1.807) is 18.3 Å². The second-order valence-electron chi connectivity index (χ2n) is 7.76. The Morgan fingerprint density at radius 3 is 2.39 bits per heavy atom. The van der Waals surface area contributed by atoms with E-state index < -0.39 is 27.5 Å². The van der Waals surface area contributed by atoms with E-state index in [-0.39, 0.29) is 29.2 Å². The minimum absolute atomic E-state index is 0.00881. The summed E-state index contributed by atoms with van der Waals surface area (Å²) >= 11 is 0. The molecule has 1 aliphatic rings. The SMILES string of the molecule is NC(=O)CN(c1ccccn1)C1CCC(CS(=O)(=O)c2cccc(C(F)(F)F)c2)CC1. The van der Waals surface area contributed by atoms with Crippen LogP contribution in [0.3, 0.4) is 0 Å². The predicted molar refractivity (Wildman–Crippen MR) is 110 cm³/mol. The number of rotatable bonds is 7. The number of primary amides is 1. The van der Waals surface area contributed by atoms with Crippen LogP contribution < -0.4 is 10.6 Å². The average molecular weight is 456 g/mol. The number of hydrogen-bond acceptors (Lipinski definition) is 5. The van der Waals surface area contributed by atoms with Crippen LogP contribution in [0.15, 0.2) is 53.6 Å². The highest BCUT2D eigenvalue weighted by molar-refractivity contribution is 7.91. The highest BCUT2D eigenvalue weighted by atomic mass is 32.2. The van der Waals surface area contributed by atoms with Gasteiger partial charge < -0.3 is 10.6 Å². The van der Waals surface area contributed by atoms with Gasteiger partial charge in [0.25, 0.3) is 0 Å². The van der Waals surface area contributed by atoms with Crippen LogP contribution in [0.2, 0.25) is 0 Å². The molecule has 2 aromatic rings. The van der Waals surface area contributed by atoms with Gasteiger partial charge in [0.05, 0.1) is 22.8 Å². The number of aromatic nitrogens is 1. The molecule has 0 atom stereocenters. The molecule has 31 heavy (non-hydrogen) atoms. The molecule has 10 heteroatoms. The van der Waals surface area contributed by atoms with Crippen LogP contribution in [0.5, 0.6) is 0 Å². The number of anilines is 1. The zero-order valence-electron chi connectivity index (χ0n) is 16.8. The molecule has 0 spiro atoms. The van der Waals surface area contributed by atoms with Crippen LogP contribution in [-0.4, -0.2) is 37.6 Å². The normalized spacial score (nSPS) is 19.7. The van der Waals surface area contributed by atoms with Crippen molar-refractivity contribution >= 4 is 21.6 Å². The Bertz CT molecular complexity index is 1010. The van der Waals surface area contributed by atoms with E-state index in [2.05, 4.69) is 4.98 Å². The van der Waals surface area contributed by atoms with E-state index in [0.717, 1.165) is 12.1 Å². The summed E-state index contributed by atoms with van der Waals surface area (Å²) in [6.45, 7) is 0.00881. The molecule has 0 saturated heterocycles. The number of nitrogens with zero attached hydrogens (tertiary/aromatic N) is 2. The number of carbonyl (C=O) groups excluding carboxylic acids is 1. The second kappa shape index (κ2) is 9.25. The Labute approximate surface area is 179 Å². The highest BCUT2D eigenvalue weighted by Gasteiger charge is 2.33. The fraction of sp³-hybridized carbons (Fsp3) is 0.429. The molecule has 6 nitrogen and oxygen atoms in total. The molecule has 0 bridgehead atoms. The highest BCUT2D eigenvalue weighted by Crippen LogP contribution is 2.34. The molecule has 1 heterocycles. The zero-order chi connectivity index (χ0) is 22.6. The van der Waals surface area contributed by atoms with E-state index in [9.17, 15) is 26.4 Å². The molecular formula is C21H24F3N3O3S. The molecule has 1 aromatic heterocycles. The molecule has 1 aromatic carbocycles. The van der Waals surface area contributed by atoms with Gasteiger partial charge in [-0.1, -0.05) is 12.1 Å². The van der Waals surface area contributed by atoms with Gasteiger partial charge in [0, 0.05) is 12.2 Å². The quantitative estimate of drug-likeness (QED) is 0.691. The number of carbonyl (C=O) groups is 1. The monoisotopic (exact) mass is 455 g/mol. The number of amides is 1. The molecule has 1 amide bonds. The van der Waals surface area contributed by atoms with E-state index in [0.29, 0.717) is 37.6 Å². The van der Waals surface area contributed by atoms with Crippen molar-refractivity contribution in [2.24, 2.45) is 11.7 Å². The lowest BCUT2D eigenvalue weighted by molar-refractivity contribution is -0.137. The Balaban J connectivity index is 1.67. The maximum absolute atomic E-state index is 12.9. The van der Waals surface area contributed by atoms with Gasteiger partial charge in [0.15, 0.2) is 9.84 Å². The van der Waals surface area contributed by atoms with E-state index in [4.69, 9.17) is 5.73 Å². The molecule has 0 radical (unpaired) electrons. The summed E-state index contributed by atoms with van der Waals surface area (Å²) in [5.74, 6) is -0.239. The smallest absolute Gasteiger partial charge is 0.368 e. The number of alkyl halides is 3. The third kappa shape index (κ3) is 5.96. The fourth-order valence-electron chi connectivity index (χ4n) is 3.98. The minimum atomic E-state index is -4.60. The number of hydrogen-bond donors (Lipinski definition) is 1. The summed E-state index contributed by atoms with van der Waals surface area (Å²) in [6, 6.07) is 9.20. The third-order valence-corrected chi connectivity index (χ3v) is 7.38. The van der Waals surface area contributed by atoms with Gasteiger partial charge in [0.2, 0.25) is 5.91 Å². The number of pyridine rings is 1. The molecule has 1 saturated carbocycles. The van der Waals surface area contributed by atoms with Crippen molar-refractivity contribution in [3.8, 4) is 0 Å². The summed E-state index contributed by atoms with van der Waals surface area (Å²) in [7, 11) is -3.85. The van der Waals surface area contributed by atoms with Crippen molar-refractivity contribution in [1.29, 1.82) is 0 Å². The predicted octanol–water partition coefficient (Wildman–Crippen LogP) is 3.42. The summed E-state index contributed by atoms with van der Waals surface area (Å²) in [4.78, 5) is 17.3. The first-order valence-electron chi connectivity index (χ1n) is 9.92. The van der Waals surface area contributed by atoms with Crippen LogP contribution in [0.4, 0.5) is 19.0 Å². The molecule has 0 aliphatic heterocycles. The van der Waals surface area contributed by atoms with E-state index in [1.807, 2.05) is 11.0 Å². The molecule has 1 aliphatic carbocycles. The Morgan fingerprint density at radius 1 is 1.10 bits per heavy atom. The van der Waals surface area contributed by atoms with Crippen molar-refractivity contribution < 1.29 is 26.4 Å². The molecule has 2 N–H and O–H groups in total. The lowest BCUT2D eigenvalue weighted by Crippen LogP contribution is -2.44. The van der Waals surface area contributed by atoms with Crippen molar-refractivity contribution in [3.05, 3.63) is 54.2 Å². The lowest BCUT2D eigenvalue weighted by Gasteiger charge is -2.37. The summed E-state index contributed by atoms with van der Waals surface area (Å²) < 4.78 is 64.2. The maximum Gasteiger partial charge on any atom is 0.416 e. The molecule has 0 unspecified atom stereocenters. The van der Waals surface area contributed by atoms with Crippen molar-refractivity contribution in [3.63, 3.8) is 0 Å². The van der Waals surface area contributed by atoms with Gasteiger partial charge in [-0.3, -0.25) is 4.79 Å². The fourth-order valence-corrected chi connectivity index (χ4v) is 5.72. The van der Waals surface area contributed by atoms with Gasteiger partial charge >= 0.3 is 6.18 Å². The van der Waals surface area contributed by atoms with Crippen LogP contribution in [0.25, 0.3) is 0 Å². The lowest BCUT2D eigenvalue weighted by atomic mass is 9.86. The Morgan fingerprint density at radius 2 is 1.81 bits per heavy atom. The number of benzene rings is 1. The van der Waals surface area contributed by atoms with Crippen LogP contribution in [-0.2, 0) is 20.8 Å². The van der Waals surface area contributed by atoms with E-state index in [1.165, 1.54) is 6.07 Å². The molecule has 3 rings (SSSR count). The Hall–Kier alpha value is -2.62. The minimum Gasteiger partial charge on any atom is -0.368 e. The third-order valence-electron chi connectivity index (χ3n) is 5.50. The molecule has 168 valence electrons. The first kappa shape index (κ1) is 23.1. The number of nitrogens with two attached hydrogens (primary N) is 1. The number of sulfone groups is 1. The molecule has 1 fully saturated rings. The van der Waals surface area contributed by atoms with Crippen LogP contribution in [0.1, 0.15) is 31.2 Å². The largest absolute Gasteiger partial charge is 0.416 e. The van der Waals surface area contributed by atoms with Crippen molar-refractivity contribution in [1.82, 2.24) is 4.98 Å². The summed E-state index contributed by atoms with van der Waals surface area (Å²) in [5.41, 5.74) is 4.41. The van der Waals surface area contributed by atoms with Crippen LogP contribution >= 0.6 is 0 Å². The first-order valence-corrected chi connectivity index (χ1v) is 11.6. The van der Waals surface area contributed by atoms with Crippen molar-refractivity contribution in [2.45, 2.75) is 42.8 Å². The summed E-state index contributed by atoms with van der Waals surface area (Å²) in [6.07, 6.45) is -0.565. The topological polar surface area (TPSA) is 93.4 Å². The van der Waals surface area contributed by atoms with Gasteiger partial charge in [-0.2, -0.15) is 13.2 Å². The maximum atomic E-state index is 12.9. The summed E-state index contributed by atoms with van der Waals surface area (Å²) in [5, 5.41) is 0. The van der Waals surface area contributed by atoms with E-state index >= 15 is 0 Å². The van der Waals surface area contributed by atoms with Crippen LogP contribution in [0, 0.1) is 5.92 Å². The van der Waals surface area contributed by atoms with Gasteiger partial charge in [-0.05, 0) is 61.9 Å². The second-order valence-corrected chi connectivity index (χ2v) is 9.80. The zero-order valence-corrected chi connectivity index (χ0v) is 17.6. The van der Waals surface area contributed by atoms with Gasteiger partial charge in [-0.15, -0.1) is 0 Å². The Kier molecular flexibility index (Phi) is 6.88. The standard InChI is InChI=1S/C21H24F3N3O3S/c22-21(23,24)16-4-3-5-18(12-16)31(29,30)14-15-7-9-17(10-8-15)27(13-19(25)28)20-6-1-2-11-26-20/h1-6,11-12,15,17H,7-10,13-14H2,(H2,25,28). The van der Waals surface area contributed by atoms with Crippen molar-refractivity contribution in [2.75, 3.05) is 17.2 Å².